The number of methoxy groups -OCH3 is 1. The number of amides is 1. The van der Waals surface area contributed by atoms with Gasteiger partial charge in [0.2, 0.25) is 0 Å². The molecule has 0 N–H and O–H groups in total. The Kier molecular flexibility index (Phi) is 5.52. The number of fused-ring (bicyclic) bond motifs is 1. The van der Waals surface area contributed by atoms with Gasteiger partial charge in [0.15, 0.2) is 0 Å². The first-order valence-corrected chi connectivity index (χ1v) is 11.2. The number of benzene rings is 2. The average molecular weight is 431 g/mol. The summed E-state index contributed by atoms with van der Waals surface area (Å²) in [4.78, 5) is 31.9. The molecule has 3 aromatic rings. The molecule has 6 heteroatoms. The number of carbonyl (C=O) groups is 2. The van der Waals surface area contributed by atoms with Crippen LogP contribution in [0.4, 0.5) is 10.5 Å². The molecule has 164 valence electrons. The minimum Gasteiger partial charge on any atom is -0.465 e. The molecule has 0 bridgehead atoms. The van der Waals surface area contributed by atoms with Crippen LogP contribution in [0, 0.1) is 0 Å². The molecule has 0 spiro atoms. The Labute approximate surface area is 187 Å². The number of hydrogen-bond donors (Lipinski definition) is 0. The van der Waals surface area contributed by atoms with E-state index in [2.05, 4.69) is 12.1 Å². The Hall–Kier alpha value is -3.41. The van der Waals surface area contributed by atoms with E-state index < -0.39 is 5.97 Å². The van der Waals surface area contributed by atoms with Crippen LogP contribution in [0.3, 0.4) is 0 Å². The number of esters is 1. The molecule has 5 rings (SSSR count). The molecule has 1 aliphatic heterocycles. The second-order valence-electron chi connectivity index (χ2n) is 8.41. The van der Waals surface area contributed by atoms with E-state index in [1.54, 1.807) is 17.0 Å². The lowest BCUT2D eigenvalue weighted by Crippen LogP contribution is -2.25. The minimum atomic E-state index is -0.417. The number of ether oxygens (including phenoxy) is 2. The van der Waals surface area contributed by atoms with E-state index in [1.807, 2.05) is 24.3 Å². The lowest BCUT2D eigenvalue weighted by Gasteiger charge is -2.28. The molecule has 1 amide bonds. The van der Waals surface area contributed by atoms with Crippen LogP contribution in [0.25, 0.3) is 22.0 Å². The predicted octanol–water partition coefficient (Wildman–Crippen LogP) is 5.69. The number of rotatable bonds is 4. The zero-order chi connectivity index (χ0) is 22.1. The van der Waals surface area contributed by atoms with Gasteiger partial charge >= 0.3 is 12.1 Å². The molecule has 1 aliphatic carbocycles. The SMILES string of the molecule is COC(=O)c1ccc2nc(C3CCCCC3)c(-c3ccccc3)c(N3CCOC3=O)c2c1. The van der Waals surface area contributed by atoms with Gasteiger partial charge in [-0.2, -0.15) is 0 Å². The molecule has 1 aromatic heterocycles. The van der Waals surface area contributed by atoms with Gasteiger partial charge in [-0.25, -0.2) is 9.59 Å². The Morgan fingerprint density at radius 2 is 1.88 bits per heavy atom. The van der Waals surface area contributed by atoms with E-state index >= 15 is 0 Å². The predicted molar refractivity (Wildman–Crippen MR) is 123 cm³/mol. The van der Waals surface area contributed by atoms with Gasteiger partial charge in [-0.3, -0.25) is 9.88 Å². The van der Waals surface area contributed by atoms with Gasteiger partial charge in [0, 0.05) is 16.9 Å². The van der Waals surface area contributed by atoms with Crippen molar-refractivity contribution in [3.8, 4) is 11.1 Å². The van der Waals surface area contributed by atoms with Crippen LogP contribution in [0.1, 0.15) is 54.1 Å². The maximum absolute atomic E-state index is 12.8. The van der Waals surface area contributed by atoms with E-state index in [1.165, 1.54) is 26.4 Å². The third-order valence-corrected chi connectivity index (χ3v) is 6.49. The molecule has 32 heavy (non-hydrogen) atoms. The van der Waals surface area contributed by atoms with Gasteiger partial charge in [-0.1, -0.05) is 49.6 Å². The lowest BCUT2D eigenvalue weighted by molar-refractivity contribution is 0.0601. The highest BCUT2D eigenvalue weighted by molar-refractivity contribution is 6.09. The van der Waals surface area contributed by atoms with Gasteiger partial charge in [-0.15, -0.1) is 0 Å². The third-order valence-electron chi connectivity index (χ3n) is 6.49. The highest BCUT2D eigenvalue weighted by Crippen LogP contribution is 2.45. The van der Waals surface area contributed by atoms with Crippen LogP contribution in [0.2, 0.25) is 0 Å². The van der Waals surface area contributed by atoms with Gasteiger partial charge in [0.05, 0.1) is 36.1 Å². The van der Waals surface area contributed by atoms with Crippen LogP contribution < -0.4 is 4.90 Å². The van der Waals surface area contributed by atoms with Gasteiger partial charge in [0.25, 0.3) is 0 Å². The van der Waals surface area contributed by atoms with Crippen molar-refractivity contribution in [2.45, 2.75) is 38.0 Å². The fourth-order valence-electron chi connectivity index (χ4n) is 4.95. The first-order chi connectivity index (χ1) is 15.7. The summed E-state index contributed by atoms with van der Waals surface area (Å²) in [7, 11) is 1.37. The van der Waals surface area contributed by atoms with Crippen LogP contribution in [0.5, 0.6) is 0 Å². The van der Waals surface area contributed by atoms with Crippen LogP contribution >= 0.6 is 0 Å². The van der Waals surface area contributed by atoms with Gasteiger partial charge < -0.3 is 9.47 Å². The summed E-state index contributed by atoms with van der Waals surface area (Å²) < 4.78 is 10.3. The number of cyclic esters (lactones) is 1. The summed E-state index contributed by atoms with van der Waals surface area (Å²) in [6.07, 6.45) is 5.42. The van der Waals surface area contributed by atoms with E-state index in [4.69, 9.17) is 14.5 Å². The average Bonchev–Trinajstić information content (AvgIpc) is 3.28. The second kappa shape index (κ2) is 8.61. The monoisotopic (exact) mass is 430 g/mol. The fourth-order valence-corrected chi connectivity index (χ4v) is 4.95. The molecule has 2 aliphatic rings. The number of carbonyl (C=O) groups excluding carboxylic acids is 2. The normalized spacial score (nSPS) is 16.9. The first-order valence-electron chi connectivity index (χ1n) is 11.2. The molecular formula is C26H26N2O4. The van der Waals surface area contributed by atoms with E-state index in [-0.39, 0.29) is 6.09 Å². The summed E-state index contributed by atoms with van der Waals surface area (Å²) >= 11 is 0. The Morgan fingerprint density at radius 1 is 1.09 bits per heavy atom. The van der Waals surface area contributed by atoms with Crippen molar-refractivity contribution < 1.29 is 19.1 Å². The number of nitrogens with zero attached hydrogens (tertiary/aromatic N) is 2. The van der Waals surface area contributed by atoms with Crippen molar-refractivity contribution in [1.82, 2.24) is 4.98 Å². The highest BCUT2D eigenvalue weighted by Gasteiger charge is 2.32. The van der Waals surface area contributed by atoms with Crippen LogP contribution in [-0.4, -0.2) is 37.3 Å². The summed E-state index contributed by atoms with van der Waals surface area (Å²) in [5.41, 5.74) is 4.98. The van der Waals surface area contributed by atoms with Gasteiger partial charge in [-0.05, 0) is 36.6 Å². The Balaban J connectivity index is 1.85. The number of pyridine rings is 1. The molecule has 6 nitrogen and oxygen atoms in total. The molecule has 2 fully saturated rings. The van der Waals surface area contributed by atoms with Gasteiger partial charge in [0.1, 0.15) is 6.61 Å². The van der Waals surface area contributed by atoms with Crippen molar-refractivity contribution in [2.24, 2.45) is 0 Å². The Bertz CT molecular complexity index is 1170. The van der Waals surface area contributed by atoms with Crippen molar-refractivity contribution in [3.05, 3.63) is 59.8 Å². The molecule has 0 unspecified atom stereocenters. The molecular weight excluding hydrogens is 404 g/mol. The number of anilines is 1. The lowest BCUT2D eigenvalue weighted by atomic mass is 9.82. The minimum absolute atomic E-state index is 0.334. The molecule has 1 saturated heterocycles. The third kappa shape index (κ3) is 3.60. The zero-order valence-electron chi connectivity index (χ0n) is 18.2. The van der Waals surface area contributed by atoms with E-state index in [9.17, 15) is 9.59 Å². The fraction of sp³-hybridized carbons (Fsp3) is 0.346. The summed E-state index contributed by atoms with van der Waals surface area (Å²) in [6, 6.07) is 15.5. The standard InChI is InChI=1S/C26H26N2O4/c1-31-25(29)19-12-13-21-20(16-19)24(28-14-15-32-26(28)30)22(17-8-4-2-5-9-17)23(27-21)18-10-6-3-7-11-18/h2,4-5,8-9,12-13,16,18H,3,6-7,10-11,14-15H2,1H3. The van der Waals surface area contributed by atoms with Crippen molar-refractivity contribution in [1.29, 1.82) is 0 Å². The quantitative estimate of drug-likeness (QED) is 0.497. The second-order valence-corrected chi connectivity index (χ2v) is 8.41. The topological polar surface area (TPSA) is 68.7 Å². The highest BCUT2D eigenvalue weighted by atomic mass is 16.6. The zero-order valence-corrected chi connectivity index (χ0v) is 18.2. The maximum Gasteiger partial charge on any atom is 0.414 e. The summed E-state index contributed by atoms with van der Waals surface area (Å²) in [5.74, 6) is -0.0829. The van der Waals surface area contributed by atoms with Crippen molar-refractivity contribution in [3.63, 3.8) is 0 Å². The maximum atomic E-state index is 12.8. The first kappa shape index (κ1) is 20.5. The van der Waals surface area contributed by atoms with Crippen LogP contribution in [0.15, 0.2) is 48.5 Å². The molecule has 2 aromatic carbocycles. The van der Waals surface area contributed by atoms with Crippen molar-refractivity contribution >= 4 is 28.7 Å². The largest absolute Gasteiger partial charge is 0.465 e. The summed E-state index contributed by atoms with van der Waals surface area (Å²) in [6.45, 7) is 0.802. The molecule has 0 radical (unpaired) electrons. The van der Waals surface area contributed by atoms with E-state index in [0.717, 1.165) is 46.3 Å². The number of hydrogen-bond acceptors (Lipinski definition) is 5. The molecule has 2 heterocycles. The molecule has 1 saturated carbocycles. The smallest absolute Gasteiger partial charge is 0.414 e. The Morgan fingerprint density at radius 3 is 2.56 bits per heavy atom. The van der Waals surface area contributed by atoms with E-state index in [0.29, 0.717) is 24.6 Å². The van der Waals surface area contributed by atoms with Crippen molar-refractivity contribution in [2.75, 3.05) is 25.2 Å². The number of aromatic nitrogens is 1. The molecule has 0 atom stereocenters. The summed E-state index contributed by atoms with van der Waals surface area (Å²) in [5, 5.41) is 0.755. The van der Waals surface area contributed by atoms with Crippen LogP contribution in [-0.2, 0) is 9.47 Å².